The maximum Gasteiger partial charge on any atom is 0.350 e. The number of hydrogen-bond donors (Lipinski definition) is 1. The van der Waals surface area contributed by atoms with Gasteiger partial charge < -0.3 is 14.6 Å². The lowest BCUT2D eigenvalue weighted by Gasteiger charge is -2.30. The average molecular weight is 302 g/mol. The molecule has 0 saturated heterocycles. The number of ether oxygens (including phenoxy) is 2. The molecular formula is C18H22O4. The number of esters is 1. The van der Waals surface area contributed by atoms with Gasteiger partial charge >= 0.3 is 5.97 Å². The van der Waals surface area contributed by atoms with Gasteiger partial charge in [0, 0.05) is 12.8 Å². The fraction of sp³-hybridized carbons (Fsp3) is 0.389. The van der Waals surface area contributed by atoms with Gasteiger partial charge in [-0.05, 0) is 44.0 Å². The molecule has 4 heteroatoms. The van der Waals surface area contributed by atoms with Gasteiger partial charge in [-0.2, -0.15) is 0 Å². The fourth-order valence-corrected chi connectivity index (χ4v) is 2.39. The molecule has 1 aromatic rings. The molecule has 0 bridgehead atoms. The molecule has 0 amide bonds. The number of benzene rings is 1. The van der Waals surface area contributed by atoms with E-state index in [2.05, 4.69) is 6.08 Å². The van der Waals surface area contributed by atoms with Crippen molar-refractivity contribution in [1.29, 1.82) is 0 Å². The van der Waals surface area contributed by atoms with Crippen LogP contribution in [0.15, 0.2) is 48.3 Å². The molecule has 0 aliphatic heterocycles. The highest BCUT2D eigenvalue weighted by Gasteiger charge is 2.38. The van der Waals surface area contributed by atoms with Crippen LogP contribution in [0.25, 0.3) is 0 Å². The molecule has 0 spiro atoms. The Bertz CT molecular complexity index is 571. The number of allylic oxidation sites excluding steroid dienone is 4. The van der Waals surface area contributed by atoms with Crippen molar-refractivity contribution >= 4 is 5.97 Å². The summed E-state index contributed by atoms with van der Waals surface area (Å²) < 4.78 is 11.2. The first-order valence-corrected chi connectivity index (χ1v) is 7.53. The van der Waals surface area contributed by atoms with Crippen LogP contribution in [0.1, 0.15) is 32.3 Å². The zero-order valence-corrected chi connectivity index (χ0v) is 13.0. The summed E-state index contributed by atoms with van der Waals surface area (Å²) in [5, 5.41) is 9.37. The first-order valence-electron chi connectivity index (χ1n) is 7.53. The molecule has 118 valence electrons. The van der Waals surface area contributed by atoms with Crippen molar-refractivity contribution in [2.24, 2.45) is 0 Å². The van der Waals surface area contributed by atoms with Gasteiger partial charge in [0.25, 0.3) is 0 Å². The number of phenols is 1. The Labute approximate surface area is 131 Å². The smallest absolute Gasteiger partial charge is 0.350 e. The third kappa shape index (κ3) is 4.13. The van der Waals surface area contributed by atoms with Gasteiger partial charge in [-0.25, -0.2) is 4.79 Å². The van der Waals surface area contributed by atoms with Gasteiger partial charge in [0.1, 0.15) is 5.75 Å². The largest absolute Gasteiger partial charge is 0.508 e. The maximum atomic E-state index is 12.4. The molecule has 1 atom stereocenters. The van der Waals surface area contributed by atoms with E-state index in [-0.39, 0.29) is 11.7 Å². The minimum Gasteiger partial charge on any atom is -0.508 e. The molecule has 0 radical (unpaired) electrons. The molecule has 4 nitrogen and oxygen atoms in total. The monoisotopic (exact) mass is 302 g/mol. The lowest BCUT2D eigenvalue weighted by Crippen LogP contribution is -2.42. The SMILES string of the molecule is CCOC(=O)C(C)(Cc1ccc(O)cc1)OC1=CC=CCC1. The number of phenolic OH excluding ortho intramolecular Hbond substituents is 1. The molecule has 0 fully saturated rings. The topological polar surface area (TPSA) is 55.8 Å². The van der Waals surface area contributed by atoms with Gasteiger partial charge in [0.05, 0.1) is 12.4 Å². The molecule has 0 heterocycles. The number of carbonyl (C=O) groups excluding carboxylic acids is 1. The van der Waals surface area contributed by atoms with E-state index in [9.17, 15) is 9.90 Å². The van der Waals surface area contributed by atoms with Crippen LogP contribution in [0.3, 0.4) is 0 Å². The second-order valence-electron chi connectivity index (χ2n) is 5.50. The van der Waals surface area contributed by atoms with Crippen LogP contribution < -0.4 is 0 Å². The lowest BCUT2D eigenvalue weighted by atomic mass is 9.95. The standard InChI is InChI=1S/C18H22O4/c1-3-21-17(20)18(2,22-16-7-5-4-6-8-16)13-14-9-11-15(19)12-10-14/h4-5,7,9-12,19H,3,6,8,13H2,1-2H3. The molecule has 1 unspecified atom stereocenters. The van der Waals surface area contributed by atoms with Gasteiger partial charge in [0.2, 0.25) is 5.60 Å². The van der Waals surface area contributed by atoms with Gasteiger partial charge in [0.15, 0.2) is 0 Å². The summed E-state index contributed by atoms with van der Waals surface area (Å²) in [5.41, 5.74) is -0.176. The van der Waals surface area contributed by atoms with E-state index >= 15 is 0 Å². The number of rotatable bonds is 6. The molecule has 1 aliphatic carbocycles. The summed E-state index contributed by atoms with van der Waals surface area (Å²) in [6.45, 7) is 3.84. The average Bonchev–Trinajstić information content (AvgIpc) is 2.51. The van der Waals surface area contributed by atoms with Gasteiger partial charge in [-0.15, -0.1) is 0 Å². The van der Waals surface area contributed by atoms with Crippen LogP contribution in [-0.2, 0) is 20.7 Å². The van der Waals surface area contributed by atoms with Crippen molar-refractivity contribution in [3.05, 3.63) is 53.8 Å². The highest BCUT2D eigenvalue weighted by Crippen LogP contribution is 2.27. The second-order valence-corrected chi connectivity index (χ2v) is 5.50. The minimum atomic E-state index is -1.08. The molecule has 22 heavy (non-hydrogen) atoms. The molecule has 1 aromatic carbocycles. The summed E-state index contributed by atoms with van der Waals surface area (Å²) in [4.78, 5) is 12.4. The number of carbonyl (C=O) groups is 1. The summed E-state index contributed by atoms with van der Waals surface area (Å²) in [7, 11) is 0. The van der Waals surface area contributed by atoms with Crippen molar-refractivity contribution in [1.82, 2.24) is 0 Å². The predicted octanol–water partition coefficient (Wildman–Crippen LogP) is 3.51. The molecule has 2 rings (SSSR count). The third-order valence-electron chi connectivity index (χ3n) is 3.52. The highest BCUT2D eigenvalue weighted by atomic mass is 16.6. The first-order chi connectivity index (χ1) is 10.5. The fourth-order valence-electron chi connectivity index (χ4n) is 2.39. The number of hydrogen-bond acceptors (Lipinski definition) is 4. The van der Waals surface area contributed by atoms with Crippen LogP contribution in [0, 0.1) is 0 Å². The zero-order valence-electron chi connectivity index (χ0n) is 13.0. The lowest BCUT2D eigenvalue weighted by molar-refractivity contribution is -0.165. The third-order valence-corrected chi connectivity index (χ3v) is 3.52. The van der Waals surface area contributed by atoms with Crippen molar-refractivity contribution in [3.8, 4) is 5.75 Å². The molecule has 0 aromatic heterocycles. The van der Waals surface area contributed by atoms with Crippen LogP contribution in [0.5, 0.6) is 5.75 Å². The van der Waals surface area contributed by atoms with Crippen LogP contribution in [0.2, 0.25) is 0 Å². The normalized spacial score (nSPS) is 16.5. The van der Waals surface area contributed by atoms with Gasteiger partial charge in [-0.1, -0.05) is 24.3 Å². The molecule has 0 saturated carbocycles. The van der Waals surface area contributed by atoms with Crippen LogP contribution in [0.4, 0.5) is 0 Å². The Balaban J connectivity index is 2.20. The zero-order chi connectivity index (χ0) is 16.0. The Morgan fingerprint density at radius 2 is 2.05 bits per heavy atom. The van der Waals surface area contributed by atoms with Gasteiger partial charge in [-0.3, -0.25) is 0 Å². The maximum absolute atomic E-state index is 12.4. The van der Waals surface area contributed by atoms with E-state index in [0.717, 1.165) is 24.2 Å². The second kappa shape index (κ2) is 7.16. The van der Waals surface area contributed by atoms with Crippen molar-refractivity contribution in [2.45, 2.75) is 38.7 Å². The first kappa shape index (κ1) is 16.1. The van der Waals surface area contributed by atoms with E-state index < -0.39 is 5.60 Å². The summed E-state index contributed by atoms with van der Waals surface area (Å²) in [6.07, 6.45) is 7.95. The molecular weight excluding hydrogens is 280 g/mol. The molecule has 1 N–H and O–H groups in total. The minimum absolute atomic E-state index is 0.197. The highest BCUT2D eigenvalue weighted by molar-refractivity contribution is 5.79. The molecule has 1 aliphatic rings. The quantitative estimate of drug-likeness (QED) is 0.817. The van der Waals surface area contributed by atoms with Crippen LogP contribution >= 0.6 is 0 Å². The Morgan fingerprint density at radius 3 is 2.64 bits per heavy atom. The van der Waals surface area contributed by atoms with E-state index in [1.165, 1.54) is 0 Å². The predicted molar refractivity (Wildman–Crippen MR) is 84.4 cm³/mol. The van der Waals surface area contributed by atoms with Crippen molar-refractivity contribution in [2.75, 3.05) is 6.61 Å². The number of aromatic hydroxyl groups is 1. The summed E-state index contributed by atoms with van der Waals surface area (Å²) in [5.74, 6) is 0.609. The Morgan fingerprint density at radius 1 is 1.32 bits per heavy atom. The van der Waals surface area contributed by atoms with Crippen molar-refractivity contribution < 1.29 is 19.4 Å². The van der Waals surface area contributed by atoms with E-state index in [0.29, 0.717) is 13.0 Å². The Kier molecular flexibility index (Phi) is 5.26. The van der Waals surface area contributed by atoms with Crippen molar-refractivity contribution in [3.63, 3.8) is 0 Å². The van der Waals surface area contributed by atoms with E-state index in [1.54, 1.807) is 38.1 Å². The summed E-state index contributed by atoms with van der Waals surface area (Å²) in [6, 6.07) is 6.77. The Hall–Kier alpha value is -2.23. The van der Waals surface area contributed by atoms with E-state index in [4.69, 9.17) is 9.47 Å². The van der Waals surface area contributed by atoms with Crippen LogP contribution in [-0.4, -0.2) is 23.3 Å². The van der Waals surface area contributed by atoms with E-state index in [1.807, 2.05) is 12.2 Å². The summed E-state index contributed by atoms with van der Waals surface area (Å²) >= 11 is 0.